The van der Waals surface area contributed by atoms with Crippen molar-refractivity contribution in [3.63, 3.8) is 0 Å². The van der Waals surface area contributed by atoms with Crippen molar-refractivity contribution >= 4 is 17.2 Å². The van der Waals surface area contributed by atoms with E-state index in [9.17, 15) is 4.79 Å². The first-order valence-corrected chi connectivity index (χ1v) is 7.12. The third-order valence-electron chi connectivity index (χ3n) is 3.36. The highest BCUT2D eigenvalue weighted by Gasteiger charge is 2.26. The molecule has 2 N–H and O–H groups in total. The van der Waals surface area contributed by atoms with Crippen LogP contribution in [0.1, 0.15) is 21.9 Å². The molecule has 0 unspecified atom stereocenters. The zero-order valence-corrected chi connectivity index (χ0v) is 11.3. The summed E-state index contributed by atoms with van der Waals surface area (Å²) < 4.78 is 5.25. The van der Waals surface area contributed by atoms with Crippen molar-refractivity contribution in [3.8, 4) is 0 Å². The smallest absolute Gasteiger partial charge is 0.228 e. The van der Waals surface area contributed by atoms with Gasteiger partial charge in [0, 0.05) is 30.0 Å². The molecular formula is C13H15N3O2S. The Hall–Kier alpha value is -1.66. The van der Waals surface area contributed by atoms with Crippen LogP contribution in [-0.2, 0) is 30.7 Å². The summed E-state index contributed by atoms with van der Waals surface area (Å²) in [6.07, 6.45) is 1.19. The van der Waals surface area contributed by atoms with E-state index < -0.39 is 0 Å². The van der Waals surface area contributed by atoms with Crippen molar-refractivity contribution in [2.75, 3.05) is 6.54 Å². The van der Waals surface area contributed by atoms with Crippen LogP contribution in [0.5, 0.6) is 0 Å². The first-order chi connectivity index (χ1) is 9.28. The number of nitrogens with two attached hydrogens (primary N) is 1. The zero-order valence-electron chi connectivity index (χ0n) is 10.5. The highest BCUT2D eigenvalue weighted by molar-refractivity contribution is 7.10. The van der Waals surface area contributed by atoms with Gasteiger partial charge in [-0.3, -0.25) is 4.79 Å². The summed E-state index contributed by atoms with van der Waals surface area (Å²) in [6.45, 7) is 1.61. The minimum atomic E-state index is 0.150. The van der Waals surface area contributed by atoms with Gasteiger partial charge in [0.05, 0.1) is 13.0 Å². The second kappa shape index (κ2) is 5.14. The number of aromatic nitrogens is 1. The minimum absolute atomic E-state index is 0.150. The molecule has 0 aliphatic carbocycles. The second-order valence-corrected chi connectivity index (χ2v) is 5.59. The number of hydrogen-bond acceptors (Lipinski definition) is 5. The van der Waals surface area contributed by atoms with E-state index in [1.165, 1.54) is 0 Å². The summed E-state index contributed by atoms with van der Waals surface area (Å²) in [6, 6.07) is 3.96. The van der Waals surface area contributed by atoms with Gasteiger partial charge >= 0.3 is 0 Å². The van der Waals surface area contributed by atoms with Crippen LogP contribution in [0.3, 0.4) is 0 Å². The standard InChI is InChI=1S/C13H15N3O2S/c14-7-11-10-8-16(4-3-12(10)18-15-11)13(17)6-9-2-1-5-19-9/h1-2,5H,3-4,6-8,14H2. The van der Waals surface area contributed by atoms with E-state index in [1.54, 1.807) is 11.3 Å². The predicted molar refractivity (Wildman–Crippen MR) is 71.5 cm³/mol. The molecule has 3 rings (SSSR count). The van der Waals surface area contributed by atoms with Gasteiger partial charge in [-0.2, -0.15) is 0 Å². The van der Waals surface area contributed by atoms with E-state index in [2.05, 4.69) is 5.16 Å². The number of carbonyl (C=O) groups excluding carboxylic acids is 1. The Bertz CT molecular complexity index is 563. The molecule has 0 saturated heterocycles. The largest absolute Gasteiger partial charge is 0.361 e. The van der Waals surface area contributed by atoms with Crippen LogP contribution in [0.4, 0.5) is 0 Å². The Balaban J connectivity index is 1.72. The topological polar surface area (TPSA) is 72.4 Å². The summed E-state index contributed by atoms with van der Waals surface area (Å²) in [5.74, 6) is 1.03. The highest BCUT2D eigenvalue weighted by atomic mass is 32.1. The van der Waals surface area contributed by atoms with E-state index in [0.717, 1.165) is 28.3 Å². The molecule has 1 amide bonds. The maximum atomic E-state index is 12.2. The number of amides is 1. The van der Waals surface area contributed by atoms with E-state index in [0.29, 0.717) is 26.1 Å². The molecule has 1 aliphatic rings. The molecule has 0 saturated carbocycles. The van der Waals surface area contributed by atoms with Crippen molar-refractivity contribution in [2.45, 2.75) is 25.9 Å². The minimum Gasteiger partial charge on any atom is -0.361 e. The fourth-order valence-corrected chi connectivity index (χ4v) is 3.01. The summed E-state index contributed by atoms with van der Waals surface area (Å²) in [7, 11) is 0. The molecule has 2 aromatic rings. The molecule has 0 radical (unpaired) electrons. The molecule has 5 nitrogen and oxygen atoms in total. The molecule has 0 fully saturated rings. The Morgan fingerprint density at radius 1 is 1.58 bits per heavy atom. The van der Waals surface area contributed by atoms with E-state index in [-0.39, 0.29) is 5.91 Å². The molecule has 1 aliphatic heterocycles. The summed E-state index contributed by atoms with van der Waals surface area (Å²) >= 11 is 1.61. The molecule has 100 valence electrons. The number of carbonyl (C=O) groups is 1. The van der Waals surface area contributed by atoms with Gasteiger partial charge in [0.1, 0.15) is 11.5 Å². The van der Waals surface area contributed by atoms with Gasteiger partial charge in [-0.25, -0.2) is 0 Å². The van der Waals surface area contributed by atoms with Crippen LogP contribution in [0.2, 0.25) is 0 Å². The molecule has 3 heterocycles. The second-order valence-electron chi connectivity index (χ2n) is 4.56. The lowest BCUT2D eigenvalue weighted by molar-refractivity contribution is -0.131. The van der Waals surface area contributed by atoms with Gasteiger partial charge < -0.3 is 15.2 Å². The van der Waals surface area contributed by atoms with Gasteiger partial charge in [-0.05, 0) is 11.4 Å². The van der Waals surface area contributed by atoms with Crippen molar-refractivity contribution in [3.05, 3.63) is 39.4 Å². The van der Waals surface area contributed by atoms with E-state index in [1.807, 2.05) is 22.4 Å². The van der Waals surface area contributed by atoms with Crippen molar-refractivity contribution < 1.29 is 9.32 Å². The van der Waals surface area contributed by atoms with E-state index >= 15 is 0 Å². The van der Waals surface area contributed by atoms with Gasteiger partial charge in [-0.1, -0.05) is 11.2 Å². The van der Waals surface area contributed by atoms with Crippen molar-refractivity contribution in [1.82, 2.24) is 10.1 Å². The normalized spacial score (nSPS) is 14.5. The third-order valence-corrected chi connectivity index (χ3v) is 4.24. The fourth-order valence-electron chi connectivity index (χ4n) is 2.31. The number of hydrogen-bond donors (Lipinski definition) is 1. The highest BCUT2D eigenvalue weighted by Crippen LogP contribution is 2.23. The van der Waals surface area contributed by atoms with Crippen molar-refractivity contribution in [2.24, 2.45) is 5.73 Å². The SMILES string of the molecule is NCc1noc2c1CN(C(=O)Cc1cccs1)CC2. The van der Waals surface area contributed by atoms with Gasteiger partial charge in [-0.15, -0.1) is 11.3 Å². The summed E-state index contributed by atoms with van der Waals surface area (Å²) in [4.78, 5) is 15.2. The monoisotopic (exact) mass is 277 g/mol. The van der Waals surface area contributed by atoms with Gasteiger partial charge in [0.25, 0.3) is 0 Å². The van der Waals surface area contributed by atoms with Crippen LogP contribution in [0, 0.1) is 0 Å². The first-order valence-electron chi connectivity index (χ1n) is 6.24. The maximum absolute atomic E-state index is 12.2. The third kappa shape index (κ3) is 2.41. The maximum Gasteiger partial charge on any atom is 0.228 e. The molecule has 0 bridgehead atoms. The lowest BCUT2D eigenvalue weighted by Crippen LogP contribution is -2.36. The molecule has 0 atom stereocenters. The average molecular weight is 277 g/mol. The molecule has 6 heteroatoms. The predicted octanol–water partition coefficient (Wildman–Crippen LogP) is 1.32. The Labute approximate surface area is 115 Å². The molecule has 19 heavy (non-hydrogen) atoms. The summed E-state index contributed by atoms with van der Waals surface area (Å²) in [5, 5.41) is 5.94. The quantitative estimate of drug-likeness (QED) is 0.918. The number of nitrogens with zero attached hydrogens (tertiary/aromatic N) is 2. The zero-order chi connectivity index (χ0) is 13.2. The van der Waals surface area contributed by atoms with Crippen LogP contribution in [-0.4, -0.2) is 22.5 Å². The molecule has 2 aromatic heterocycles. The number of fused-ring (bicyclic) bond motifs is 1. The average Bonchev–Trinajstić information content (AvgIpc) is 3.06. The van der Waals surface area contributed by atoms with Crippen molar-refractivity contribution in [1.29, 1.82) is 0 Å². The van der Waals surface area contributed by atoms with Crippen LogP contribution in [0.25, 0.3) is 0 Å². The van der Waals surface area contributed by atoms with Gasteiger partial charge in [0.15, 0.2) is 0 Å². The van der Waals surface area contributed by atoms with Crippen LogP contribution >= 0.6 is 11.3 Å². The molecule has 0 aromatic carbocycles. The molecule has 0 spiro atoms. The van der Waals surface area contributed by atoms with Crippen LogP contribution in [0.15, 0.2) is 22.0 Å². The lowest BCUT2D eigenvalue weighted by Gasteiger charge is -2.26. The Kier molecular flexibility index (Phi) is 3.35. The number of thiophene rings is 1. The lowest BCUT2D eigenvalue weighted by atomic mass is 10.1. The Morgan fingerprint density at radius 2 is 2.47 bits per heavy atom. The van der Waals surface area contributed by atoms with E-state index in [4.69, 9.17) is 10.3 Å². The summed E-state index contributed by atoms with van der Waals surface area (Å²) in [5.41, 5.74) is 7.39. The van der Waals surface area contributed by atoms with Gasteiger partial charge in [0.2, 0.25) is 5.91 Å². The van der Waals surface area contributed by atoms with Crippen LogP contribution < -0.4 is 5.73 Å². The number of rotatable bonds is 3. The first kappa shape index (κ1) is 12.4. The molecular weight excluding hydrogens is 262 g/mol. The fraction of sp³-hybridized carbons (Fsp3) is 0.385. The Morgan fingerprint density at radius 3 is 3.21 bits per heavy atom.